The summed E-state index contributed by atoms with van der Waals surface area (Å²) in [6.45, 7) is 2.06. The van der Waals surface area contributed by atoms with E-state index in [0.717, 1.165) is 35.0 Å². The molecule has 0 aliphatic carbocycles. The first-order chi connectivity index (χ1) is 10.2. The highest BCUT2D eigenvalue weighted by atomic mass is 79.9. The fourth-order valence-corrected chi connectivity index (χ4v) is 2.72. The Bertz CT molecular complexity index is 852. The van der Waals surface area contributed by atoms with E-state index in [2.05, 4.69) is 37.8 Å². The Morgan fingerprint density at radius 1 is 1.24 bits per heavy atom. The van der Waals surface area contributed by atoms with Crippen LogP contribution < -0.4 is 5.56 Å². The van der Waals surface area contributed by atoms with E-state index in [1.54, 1.807) is 6.20 Å². The normalized spacial score (nSPS) is 11.0. The van der Waals surface area contributed by atoms with Gasteiger partial charge in [-0.1, -0.05) is 31.5 Å². The van der Waals surface area contributed by atoms with Crippen molar-refractivity contribution < 1.29 is 0 Å². The molecule has 0 aliphatic heterocycles. The smallest absolute Gasteiger partial charge is 0.265 e. The molecule has 0 saturated heterocycles. The summed E-state index contributed by atoms with van der Waals surface area (Å²) >= 11 is 3.32. The summed E-state index contributed by atoms with van der Waals surface area (Å²) in [5, 5.41) is 1.03. The summed E-state index contributed by atoms with van der Waals surface area (Å²) in [5.41, 5.74) is 2.31. The zero-order valence-electron chi connectivity index (χ0n) is 11.6. The number of halogens is 1. The topological polar surface area (TPSA) is 58.6 Å². The van der Waals surface area contributed by atoms with E-state index in [1.807, 2.05) is 30.3 Å². The van der Waals surface area contributed by atoms with Gasteiger partial charge in [-0.3, -0.25) is 9.78 Å². The lowest BCUT2D eigenvalue weighted by molar-refractivity contribution is 0.861. The number of fused-ring (bicyclic) bond motifs is 1. The van der Waals surface area contributed by atoms with Gasteiger partial charge in [0, 0.05) is 17.1 Å². The Kier molecular flexibility index (Phi) is 3.84. The summed E-state index contributed by atoms with van der Waals surface area (Å²) in [4.78, 5) is 23.9. The van der Waals surface area contributed by atoms with Crippen LogP contribution in [0.2, 0.25) is 0 Å². The first kappa shape index (κ1) is 13.9. The van der Waals surface area contributed by atoms with Crippen molar-refractivity contribution in [2.24, 2.45) is 0 Å². The number of aryl methyl sites for hydroxylation is 1. The number of hydrogen-bond acceptors (Lipinski definition) is 3. The van der Waals surface area contributed by atoms with Gasteiger partial charge >= 0.3 is 0 Å². The number of para-hydroxylation sites is 1. The molecule has 2 heterocycles. The van der Waals surface area contributed by atoms with Crippen LogP contribution in [-0.2, 0) is 6.42 Å². The Morgan fingerprint density at radius 3 is 2.86 bits per heavy atom. The molecule has 4 nitrogen and oxygen atoms in total. The van der Waals surface area contributed by atoms with Gasteiger partial charge in [0.2, 0.25) is 0 Å². The number of aromatic amines is 1. The molecule has 3 aromatic rings. The van der Waals surface area contributed by atoms with Gasteiger partial charge in [-0.05, 0) is 34.5 Å². The summed E-state index contributed by atoms with van der Waals surface area (Å²) < 4.78 is 0.515. The first-order valence-electron chi connectivity index (χ1n) is 6.83. The monoisotopic (exact) mass is 343 g/mol. The van der Waals surface area contributed by atoms with Crippen LogP contribution in [0.15, 0.2) is 45.8 Å². The Morgan fingerprint density at radius 2 is 2.05 bits per heavy atom. The molecule has 5 heteroatoms. The lowest BCUT2D eigenvalue weighted by Gasteiger charge is -2.08. The number of H-pyrrole nitrogens is 1. The van der Waals surface area contributed by atoms with Crippen molar-refractivity contribution in [1.82, 2.24) is 15.0 Å². The summed E-state index contributed by atoms with van der Waals surface area (Å²) in [6.07, 6.45) is 3.44. The summed E-state index contributed by atoms with van der Waals surface area (Å²) in [5.74, 6) is 0.566. The zero-order chi connectivity index (χ0) is 14.8. The minimum Gasteiger partial charge on any atom is -0.305 e. The SMILES string of the molecule is CCCc1nc(-c2cccc3cccnc23)[nH]c(=O)c1Br. The highest BCUT2D eigenvalue weighted by Gasteiger charge is 2.12. The quantitative estimate of drug-likeness (QED) is 0.788. The van der Waals surface area contributed by atoms with Crippen LogP contribution in [0.5, 0.6) is 0 Å². The number of hydrogen-bond donors (Lipinski definition) is 1. The van der Waals surface area contributed by atoms with Gasteiger partial charge in [0.25, 0.3) is 5.56 Å². The van der Waals surface area contributed by atoms with E-state index in [0.29, 0.717) is 10.3 Å². The lowest BCUT2D eigenvalue weighted by Crippen LogP contribution is -2.13. The molecule has 1 N–H and O–H groups in total. The molecule has 0 atom stereocenters. The van der Waals surface area contributed by atoms with E-state index in [1.165, 1.54) is 0 Å². The third-order valence-corrected chi connectivity index (χ3v) is 4.12. The van der Waals surface area contributed by atoms with E-state index in [9.17, 15) is 4.79 Å². The van der Waals surface area contributed by atoms with Crippen LogP contribution in [0.25, 0.3) is 22.3 Å². The van der Waals surface area contributed by atoms with Crippen LogP contribution >= 0.6 is 15.9 Å². The van der Waals surface area contributed by atoms with Gasteiger partial charge in [-0.2, -0.15) is 0 Å². The Hall–Kier alpha value is -2.01. The summed E-state index contributed by atoms with van der Waals surface area (Å²) in [6, 6.07) is 9.76. The van der Waals surface area contributed by atoms with Gasteiger partial charge in [0.1, 0.15) is 10.3 Å². The number of nitrogens with zero attached hydrogens (tertiary/aromatic N) is 2. The molecule has 106 valence electrons. The van der Waals surface area contributed by atoms with Gasteiger partial charge in [0.05, 0.1) is 11.2 Å². The lowest BCUT2D eigenvalue weighted by atomic mass is 10.1. The average molecular weight is 344 g/mol. The van der Waals surface area contributed by atoms with Crippen molar-refractivity contribution in [2.75, 3.05) is 0 Å². The second-order valence-corrected chi connectivity index (χ2v) is 5.60. The van der Waals surface area contributed by atoms with E-state index >= 15 is 0 Å². The predicted molar refractivity (Wildman–Crippen MR) is 87.3 cm³/mol. The largest absolute Gasteiger partial charge is 0.305 e. The minimum atomic E-state index is -0.156. The molecule has 0 bridgehead atoms. The highest BCUT2D eigenvalue weighted by Crippen LogP contribution is 2.24. The molecular formula is C16H14BrN3O. The molecule has 0 saturated carbocycles. The van der Waals surface area contributed by atoms with E-state index in [-0.39, 0.29) is 5.56 Å². The molecule has 2 aromatic heterocycles. The first-order valence-corrected chi connectivity index (χ1v) is 7.63. The van der Waals surface area contributed by atoms with Gasteiger partial charge in [-0.15, -0.1) is 0 Å². The third kappa shape index (κ3) is 2.61. The maximum absolute atomic E-state index is 12.1. The molecule has 1 aromatic carbocycles. The number of pyridine rings is 1. The maximum Gasteiger partial charge on any atom is 0.265 e. The van der Waals surface area contributed by atoms with Crippen molar-refractivity contribution >= 4 is 26.8 Å². The number of aromatic nitrogens is 3. The van der Waals surface area contributed by atoms with Crippen molar-refractivity contribution in [3.63, 3.8) is 0 Å². The van der Waals surface area contributed by atoms with Gasteiger partial charge < -0.3 is 4.98 Å². The van der Waals surface area contributed by atoms with Gasteiger partial charge in [-0.25, -0.2) is 4.98 Å². The third-order valence-electron chi connectivity index (χ3n) is 3.31. The molecule has 3 rings (SSSR count). The molecule has 0 unspecified atom stereocenters. The van der Waals surface area contributed by atoms with E-state index < -0.39 is 0 Å². The van der Waals surface area contributed by atoms with Crippen LogP contribution in [-0.4, -0.2) is 15.0 Å². The van der Waals surface area contributed by atoms with Crippen molar-refractivity contribution in [3.05, 3.63) is 57.0 Å². The van der Waals surface area contributed by atoms with Crippen LogP contribution in [0, 0.1) is 0 Å². The number of nitrogens with one attached hydrogen (secondary N) is 1. The second kappa shape index (κ2) is 5.77. The zero-order valence-corrected chi connectivity index (χ0v) is 13.1. The fourth-order valence-electron chi connectivity index (χ4n) is 2.33. The average Bonchev–Trinajstić information content (AvgIpc) is 2.51. The standard InChI is InChI=1S/C16H14BrN3O/c1-2-5-12-13(17)16(21)20-15(19-12)11-8-3-6-10-7-4-9-18-14(10)11/h3-4,6-9H,2,5H2,1H3,(H,19,20,21). The van der Waals surface area contributed by atoms with Crippen molar-refractivity contribution in [2.45, 2.75) is 19.8 Å². The second-order valence-electron chi connectivity index (χ2n) is 4.81. The molecule has 0 amide bonds. The van der Waals surface area contributed by atoms with E-state index in [4.69, 9.17) is 0 Å². The van der Waals surface area contributed by atoms with Crippen LogP contribution in [0.1, 0.15) is 19.0 Å². The summed E-state index contributed by atoms with van der Waals surface area (Å²) in [7, 11) is 0. The molecular weight excluding hydrogens is 330 g/mol. The number of benzene rings is 1. The van der Waals surface area contributed by atoms with Crippen LogP contribution in [0.3, 0.4) is 0 Å². The fraction of sp³-hybridized carbons (Fsp3) is 0.188. The number of rotatable bonds is 3. The molecule has 0 radical (unpaired) electrons. The van der Waals surface area contributed by atoms with Crippen molar-refractivity contribution in [1.29, 1.82) is 0 Å². The maximum atomic E-state index is 12.1. The molecule has 0 fully saturated rings. The highest BCUT2D eigenvalue weighted by molar-refractivity contribution is 9.10. The molecule has 0 spiro atoms. The Labute approximate surface area is 130 Å². The van der Waals surface area contributed by atoms with Crippen LogP contribution in [0.4, 0.5) is 0 Å². The van der Waals surface area contributed by atoms with Gasteiger partial charge in [0.15, 0.2) is 0 Å². The minimum absolute atomic E-state index is 0.156. The predicted octanol–water partition coefficient (Wildman–Crippen LogP) is 3.70. The van der Waals surface area contributed by atoms with Crippen molar-refractivity contribution in [3.8, 4) is 11.4 Å². The molecule has 0 aliphatic rings. The molecule has 21 heavy (non-hydrogen) atoms. The Balaban J connectivity index is 2.26.